The fraction of sp³-hybridized carbons (Fsp3) is 0.500. The quantitative estimate of drug-likeness (QED) is 0.836. The number of hydrogen-bond acceptors (Lipinski definition) is 4. The third-order valence-electron chi connectivity index (χ3n) is 3.11. The van der Waals surface area contributed by atoms with Gasteiger partial charge in [0.2, 0.25) is 0 Å². The van der Waals surface area contributed by atoms with Crippen LogP contribution in [0, 0.1) is 5.92 Å². The van der Waals surface area contributed by atoms with Crippen molar-refractivity contribution in [3.05, 3.63) is 39.2 Å². The highest BCUT2D eigenvalue weighted by Gasteiger charge is 2.16. The zero-order valence-electron chi connectivity index (χ0n) is 12.4. The van der Waals surface area contributed by atoms with E-state index in [1.54, 1.807) is 18.6 Å². The van der Waals surface area contributed by atoms with E-state index >= 15 is 0 Å². The molecule has 0 aliphatic carbocycles. The van der Waals surface area contributed by atoms with Gasteiger partial charge in [-0.25, -0.2) is 9.67 Å². The van der Waals surface area contributed by atoms with E-state index in [9.17, 15) is 4.79 Å². The molecule has 2 heterocycles. The monoisotopic (exact) mass is 353 g/mol. The molecule has 0 fully saturated rings. The molecule has 1 unspecified atom stereocenters. The molecule has 0 aromatic carbocycles. The number of aromatic amines is 1. The summed E-state index contributed by atoms with van der Waals surface area (Å²) in [6.45, 7) is 6.77. The van der Waals surface area contributed by atoms with Crippen LogP contribution in [0.3, 0.4) is 0 Å². The summed E-state index contributed by atoms with van der Waals surface area (Å²) < 4.78 is 1.98. The van der Waals surface area contributed by atoms with Crippen molar-refractivity contribution in [3.8, 4) is 0 Å². The Labute approximate surface area is 132 Å². The molecule has 0 aliphatic heterocycles. The molecular formula is C14H20BrN5O. The maximum Gasteiger partial charge on any atom is 0.283 e. The van der Waals surface area contributed by atoms with E-state index in [0.29, 0.717) is 22.6 Å². The van der Waals surface area contributed by atoms with Gasteiger partial charge in [0.15, 0.2) is 0 Å². The predicted molar refractivity (Wildman–Crippen MR) is 86.3 cm³/mol. The predicted octanol–water partition coefficient (Wildman–Crippen LogP) is 2.95. The van der Waals surface area contributed by atoms with E-state index in [4.69, 9.17) is 0 Å². The molecule has 0 spiro atoms. The molecule has 21 heavy (non-hydrogen) atoms. The Balaban J connectivity index is 2.25. The number of H-pyrrole nitrogens is 1. The van der Waals surface area contributed by atoms with Gasteiger partial charge in [-0.05, 0) is 28.3 Å². The van der Waals surface area contributed by atoms with Crippen LogP contribution in [0.15, 0.2) is 27.9 Å². The molecule has 0 radical (unpaired) electrons. The highest BCUT2D eigenvalue weighted by molar-refractivity contribution is 9.10. The third kappa shape index (κ3) is 3.72. The molecular weight excluding hydrogens is 334 g/mol. The highest BCUT2D eigenvalue weighted by Crippen LogP contribution is 2.23. The number of nitrogens with one attached hydrogen (secondary N) is 2. The lowest BCUT2D eigenvalue weighted by Gasteiger charge is -2.17. The fourth-order valence-electron chi connectivity index (χ4n) is 2.06. The van der Waals surface area contributed by atoms with Crippen molar-refractivity contribution < 1.29 is 0 Å². The van der Waals surface area contributed by atoms with Crippen LogP contribution in [0.4, 0.5) is 5.69 Å². The second kappa shape index (κ2) is 6.89. The molecule has 0 bridgehead atoms. The van der Waals surface area contributed by atoms with E-state index in [2.05, 4.69) is 57.1 Å². The molecule has 2 aromatic heterocycles. The molecule has 0 saturated heterocycles. The standard InChI is InChI=1S/C14H20BrN5O/c1-4-10(13-16-5-6-17-13)19-11-7-18-20(8-9(2)3)14(21)12(11)15/h5-7,9-10,19H,4,8H2,1-3H3,(H,16,17). The van der Waals surface area contributed by atoms with Crippen LogP contribution in [-0.2, 0) is 6.54 Å². The molecule has 0 saturated carbocycles. The summed E-state index contributed by atoms with van der Waals surface area (Å²) in [5.41, 5.74) is 0.561. The Hall–Kier alpha value is -1.63. The second-order valence-corrected chi connectivity index (χ2v) is 6.13. The molecule has 0 aliphatic rings. The van der Waals surface area contributed by atoms with Gasteiger partial charge in [0.25, 0.3) is 5.56 Å². The van der Waals surface area contributed by atoms with Gasteiger partial charge in [-0.1, -0.05) is 20.8 Å². The van der Waals surface area contributed by atoms with Crippen molar-refractivity contribution in [1.29, 1.82) is 0 Å². The SMILES string of the molecule is CCC(Nc1cnn(CC(C)C)c(=O)c1Br)c1ncc[nH]1. The minimum absolute atomic E-state index is 0.0125. The molecule has 2 aromatic rings. The summed E-state index contributed by atoms with van der Waals surface area (Å²) in [7, 11) is 0. The molecule has 1 atom stereocenters. The van der Waals surface area contributed by atoms with Crippen molar-refractivity contribution in [2.75, 3.05) is 5.32 Å². The van der Waals surface area contributed by atoms with Crippen LogP contribution in [0.5, 0.6) is 0 Å². The summed E-state index contributed by atoms with van der Waals surface area (Å²) >= 11 is 3.38. The van der Waals surface area contributed by atoms with Gasteiger partial charge < -0.3 is 10.3 Å². The van der Waals surface area contributed by atoms with Crippen LogP contribution in [-0.4, -0.2) is 19.7 Å². The van der Waals surface area contributed by atoms with Gasteiger partial charge in [0.1, 0.15) is 10.3 Å². The fourth-order valence-corrected chi connectivity index (χ4v) is 2.48. The summed E-state index contributed by atoms with van der Waals surface area (Å²) in [5, 5.41) is 7.53. The van der Waals surface area contributed by atoms with E-state index in [1.807, 2.05) is 0 Å². The Morgan fingerprint density at radius 1 is 1.48 bits per heavy atom. The zero-order valence-corrected chi connectivity index (χ0v) is 14.0. The summed E-state index contributed by atoms with van der Waals surface area (Å²) in [5.74, 6) is 1.21. The van der Waals surface area contributed by atoms with Crippen LogP contribution < -0.4 is 10.9 Å². The first kappa shape index (κ1) is 15.8. The maximum atomic E-state index is 12.3. The molecule has 2 rings (SSSR count). The molecule has 0 amide bonds. The van der Waals surface area contributed by atoms with Crippen LogP contribution in [0.25, 0.3) is 0 Å². The van der Waals surface area contributed by atoms with Gasteiger partial charge in [0.05, 0.1) is 17.9 Å². The Bertz CT molecular complexity index is 635. The number of nitrogens with zero attached hydrogens (tertiary/aromatic N) is 3. The second-order valence-electron chi connectivity index (χ2n) is 5.33. The lowest BCUT2D eigenvalue weighted by molar-refractivity contribution is 0.462. The van der Waals surface area contributed by atoms with Gasteiger partial charge in [-0.2, -0.15) is 5.10 Å². The Kier molecular flexibility index (Phi) is 5.17. The lowest BCUT2D eigenvalue weighted by atomic mass is 10.2. The van der Waals surface area contributed by atoms with E-state index in [0.717, 1.165) is 12.2 Å². The molecule has 7 heteroatoms. The minimum atomic E-state index is -0.122. The average Bonchev–Trinajstić information content (AvgIpc) is 2.97. The van der Waals surface area contributed by atoms with Gasteiger partial charge in [-0.15, -0.1) is 0 Å². The normalized spacial score (nSPS) is 12.6. The number of aromatic nitrogens is 4. The third-order valence-corrected chi connectivity index (χ3v) is 3.88. The van der Waals surface area contributed by atoms with Gasteiger partial charge >= 0.3 is 0 Å². The van der Waals surface area contributed by atoms with Crippen LogP contribution >= 0.6 is 15.9 Å². The topological polar surface area (TPSA) is 75.6 Å². The minimum Gasteiger partial charge on any atom is -0.373 e. The van der Waals surface area contributed by atoms with E-state index in [1.165, 1.54) is 4.68 Å². The van der Waals surface area contributed by atoms with Crippen LogP contribution in [0.1, 0.15) is 39.1 Å². The van der Waals surface area contributed by atoms with Crippen molar-refractivity contribution in [2.45, 2.75) is 39.8 Å². The van der Waals surface area contributed by atoms with E-state index < -0.39 is 0 Å². The number of hydrogen-bond donors (Lipinski definition) is 2. The average molecular weight is 354 g/mol. The summed E-state index contributed by atoms with van der Waals surface area (Å²) in [4.78, 5) is 19.6. The first-order chi connectivity index (χ1) is 10.0. The van der Waals surface area contributed by atoms with Gasteiger partial charge in [-0.3, -0.25) is 4.79 Å². The highest BCUT2D eigenvalue weighted by atomic mass is 79.9. The maximum absolute atomic E-state index is 12.3. The number of imidazole rings is 1. The van der Waals surface area contributed by atoms with Crippen molar-refractivity contribution in [2.24, 2.45) is 5.92 Å². The number of rotatable bonds is 6. The number of anilines is 1. The van der Waals surface area contributed by atoms with Crippen molar-refractivity contribution >= 4 is 21.6 Å². The van der Waals surface area contributed by atoms with Crippen molar-refractivity contribution in [1.82, 2.24) is 19.7 Å². The number of halogens is 1. The lowest BCUT2D eigenvalue weighted by Crippen LogP contribution is -2.27. The molecule has 2 N–H and O–H groups in total. The zero-order chi connectivity index (χ0) is 15.4. The Morgan fingerprint density at radius 3 is 2.81 bits per heavy atom. The summed E-state index contributed by atoms with van der Waals surface area (Å²) in [6, 6.07) is 0.0125. The molecule has 114 valence electrons. The largest absolute Gasteiger partial charge is 0.373 e. The van der Waals surface area contributed by atoms with Crippen molar-refractivity contribution in [3.63, 3.8) is 0 Å². The Morgan fingerprint density at radius 2 is 2.24 bits per heavy atom. The van der Waals surface area contributed by atoms with Crippen LogP contribution in [0.2, 0.25) is 0 Å². The molecule has 6 nitrogen and oxygen atoms in total. The first-order valence-electron chi connectivity index (χ1n) is 7.04. The smallest absolute Gasteiger partial charge is 0.283 e. The first-order valence-corrected chi connectivity index (χ1v) is 7.83. The van der Waals surface area contributed by atoms with E-state index in [-0.39, 0.29) is 11.6 Å². The summed E-state index contributed by atoms with van der Waals surface area (Å²) in [6.07, 6.45) is 6.02. The van der Waals surface area contributed by atoms with Gasteiger partial charge in [0, 0.05) is 18.9 Å².